The number of aromatic carboxylic acids is 1. The van der Waals surface area contributed by atoms with Crippen LogP contribution < -0.4 is 4.72 Å². The van der Waals surface area contributed by atoms with Crippen molar-refractivity contribution in [1.29, 1.82) is 0 Å². The number of halogens is 1. The van der Waals surface area contributed by atoms with E-state index in [0.29, 0.717) is 16.1 Å². The van der Waals surface area contributed by atoms with E-state index >= 15 is 0 Å². The molecule has 0 aliphatic rings. The lowest BCUT2D eigenvalue weighted by Gasteiger charge is -2.07. The zero-order chi connectivity index (χ0) is 18.2. The Morgan fingerprint density at radius 1 is 1.24 bits per heavy atom. The molecule has 0 bridgehead atoms. The summed E-state index contributed by atoms with van der Waals surface area (Å²) in [6, 6.07) is 11.4. The monoisotopic (exact) mass is 395 g/mol. The Hall–Kier alpha value is -1.93. The zero-order valence-electron chi connectivity index (χ0n) is 13.1. The molecule has 130 valence electrons. The fourth-order valence-electron chi connectivity index (χ4n) is 2.49. The average Bonchev–Trinajstić information content (AvgIpc) is 2.91. The van der Waals surface area contributed by atoms with Crippen LogP contribution in [0.2, 0.25) is 5.02 Å². The Labute approximate surface area is 153 Å². The van der Waals surface area contributed by atoms with Gasteiger partial charge in [0.1, 0.15) is 4.21 Å². The molecule has 2 aromatic carbocycles. The van der Waals surface area contributed by atoms with Crippen molar-refractivity contribution in [3.8, 4) is 0 Å². The van der Waals surface area contributed by atoms with Crippen LogP contribution in [0.15, 0.2) is 46.7 Å². The summed E-state index contributed by atoms with van der Waals surface area (Å²) in [5.41, 5.74) is 1.34. The lowest BCUT2D eigenvalue weighted by atomic mass is 10.1. The molecule has 0 radical (unpaired) electrons. The van der Waals surface area contributed by atoms with Crippen LogP contribution in [0.5, 0.6) is 0 Å². The maximum absolute atomic E-state index is 12.6. The standard InChI is InChI=1S/C17H14ClNO4S2/c1-10-14-8-13(18)5-6-15(14)24-17(10)25(22,23)19-9-11-3-2-4-12(7-11)16(20)21/h2-8,19H,9H2,1H3,(H,20,21). The molecule has 1 aromatic heterocycles. The Morgan fingerprint density at radius 3 is 2.72 bits per heavy atom. The van der Waals surface area contributed by atoms with Crippen molar-refractivity contribution in [2.75, 3.05) is 0 Å². The first kappa shape index (κ1) is 17.9. The van der Waals surface area contributed by atoms with Crippen molar-refractivity contribution in [1.82, 2.24) is 4.72 Å². The molecule has 3 rings (SSSR count). The number of benzene rings is 2. The van der Waals surface area contributed by atoms with Gasteiger partial charge >= 0.3 is 5.97 Å². The Bertz CT molecular complexity index is 1070. The van der Waals surface area contributed by atoms with Crippen LogP contribution in [0.4, 0.5) is 0 Å². The van der Waals surface area contributed by atoms with Gasteiger partial charge in [-0.15, -0.1) is 11.3 Å². The second-order valence-corrected chi connectivity index (χ2v) is 8.94. The number of thiophene rings is 1. The second-order valence-electron chi connectivity index (χ2n) is 5.49. The van der Waals surface area contributed by atoms with Crippen molar-refractivity contribution >= 4 is 49.0 Å². The van der Waals surface area contributed by atoms with E-state index in [2.05, 4.69) is 4.72 Å². The van der Waals surface area contributed by atoms with Crippen LogP contribution in [0, 0.1) is 6.92 Å². The third-order valence-corrected chi connectivity index (χ3v) is 7.27. The van der Waals surface area contributed by atoms with Gasteiger partial charge in [-0.1, -0.05) is 23.7 Å². The number of carboxylic acids is 1. The lowest BCUT2D eigenvalue weighted by Crippen LogP contribution is -2.23. The molecule has 3 aromatic rings. The van der Waals surface area contributed by atoms with Gasteiger partial charge < -0.3 is 5.11 Å². The summed E-state index contributed by atoms with van der Waals surface area (Å²) in [6.45, 7) is 1.76. The molecular weight excluding hydrogens is 382 g/mol. The van der Waals surface area contributed by atoms with Gasteiger partial charge in [-0.2, -0.15) is 0 Å². The number of carbonyl (C=O) groups is 1. The summed E-state index contributed by atoms with van der Waals surface area (Å²) in [7, 11) is -3.72. The summed E-state index contributed by atoms with van der Waals surface area (Å²) in [6.07, 6.45) is 0. The van der Waals surface area contributed by atoms with E-state index in [-0.39, 0.29) is 16.3 Å². The second kappa shape index (κ2) is 6.76. The lowest BCUT2D eigenvalue weighted by molar-refractivity contribution is 0.0696. The highest BCUT2D eigenvalue weighted by Gasteiger charge is 2.21. The van der Waals surface area contributed by atoms with Crippen LogP contribution in [0.1, 0.15) is 21.5 Å². The summed E-state index contributed by atoms with van der Waals surface area (Å²) >= 11 is 7.17. The first-order valence-electron chi connectivity index (χ1n) is 7.28. The van der Waals surface area contributed by atoms with Gasteiger partial charge in [0, 0.05) is 16.3 Å². The number of sulfonamides is 1. The van der Waals surface area contributed by atoms with Crippen molar-refractivity contribution < 1.29 is 18.3 Å². The maximum Gasteiger partial charge on any atom is 0.335 e. The van der Waals surface area contributed by atoms with Gasteiger partial charge in [0.2, 0.25) is 0 Å². The van der Waals surface area contributed by atoms with Crippen LogP contribution in [0.3, 0.4) is 0 Å². The quantitative estimate of drug-likeness (QED) is 0.682. The normalized spacial score (nSPS) is 11.8. The highest BCUT2D eigenvalue weighted by molar-refractivity contribution is 7.91. The van der Waals surface area contributed by atoms with Crippen molar-refractivity contribution in [3.63, 3.8) is 0 Å². The number of nitrogens with one attached hydrogen (secondary N) is 1. The molecule has 0 aliphatic carbocycles. The maximum atomic E-state index is 12.6. The van der Waals surface area contributed by atoms with E-state index < -0.39 is 16.0 Å². The predicted octanol–water partition coefficient (Wildman–Crippen LogP) is 4.04. The largest absolute Gasteiger partial charge is 0.478 e. The molecular formula is C17H14ClNO4S2. The van der Waals surface area contributed by atoms with E-state index in [9.17, 15) is 13.2 Å². The molecule has 0 amide bonds. The highest BCUT2D eigenvalue weighted by atomic mass is 35.5. The topological polar surface area (TPSA) is 83.5 Å². The molecule has 0 saturated heterocycles. The van der Waals surface area contributed by atoms with Crippen LogP contribution in [-0.4, -0.2) is 19.5 Å². The summed E-state index contributed by atoms with van der Waals surface area (Å²) < 4.78 is 28.9. The minimum absolute atomic E-state index is 0.0118. The first-order chi connectivity index (χ1) is 11.8. The van der Waals surface area contributed by atoms with E-state index in [4.69, 9.17) is 16.7 Å². The third-order valence-electron chi connectivity index (χ3n) is 3.74. The molecule has 0 unspecified atom stereocenters. The molecule has 1 heterocycles. The smallest absolute Gasteiger partial charge is 0.335 e. The van der Waals surface area contributed by atoms with Gasteiger partial charge in [0.15, 0.2) is 0 Å². The molecule has 25 heavy (non-hydrogen) atoms. The molecule has 0 fully saturated rings. The summed E-state index contributed by atoms with van der Waals surface area (Å²) in [4.78, 5) is 11.0. The minimum atomic E-state index is -3.72. The van der Waals surface area contributed by atoms with Gasteiger partial charge in [-0.3, -0.25) is 0 Å². The minimum Gasteiger partial charge on any atom is -0.478 e. The predicted molar refractivity (Wildman–Crippen MR) is 99.0 cm³/mol. The van der Waals surface area contributed by atoms with Gasteiger partial charge in [-0.25, -0.2) is 17.9 Å². The molecule has 8 heteroatoms. The fourth-order valence-corrected chi connectivity index (χ4v) is 5.46. The van der Waals surface area contributed by atoms with Gasteiger partial charge in [-0.05, 0) is 53.8 Å². The third kappa shape index (κ3) is 3.69. The van der Waals surface area contributed by atoms with Crippen molar-refractivity contribution in [2.45, 2.75) is 17.7 Å². The molecule has 0 saturated carbocycles. The van der Waals surface area contributed by atoms with Gasteiger partial charge in [0.05, 0.1) is 5.56 Å². The van der Waals surface area contributed by atoms with E-state index in [0.717, 1.165) is 10.1 Å². The van der Waals surface area contributed by atoms with Crippen LogP contribution in [0.25, 0.3) is 10.1 Å². The molecule has 5 nitrogen and oxygen atoms in total. The van der Waals surface area contributed by atoms with Crippen molar-refractivity contribution in [2.24, 2.45) is 0 Å². The molecule has 0 aliphatic heterocycles. The Morgan fingerprint density at radius 2 is 2.00 bits per heavy atom. The number of hydrogen-bond donors (Lipinski definition) is 2. The average molecular weight is 396 g/mol. The number of aryl methyl sites for hydroxylation is 1. The number of carboxylic acid groups (broad SMARTS) is 1. The fraction of sp³-hybridized carbons (Fsp3) is 0.118. The number of fused-ring (bicyclic) bond motifs is 1. The Balaban J connectivity index is 1.89. The van der Waals surface area contributed by atoms with Gasteiger partial charge in [0.25, 0.3) is 10.0 Å². The highest BCUT2D eigenvalue weighted by Crippen LogP contribution is 2.35. The first-order valence-corrected chi connectivity index (χ1v) is 9.96. The van der Waals surface area contributed by atoms with Crippen LogP contribution in [-0.2, 0) is 16.6 Å². The molecule has 0 spiro atoms. The Kier molecular flexibility index (Phi) is 4.83. The summed E-state index contributed by atoms with van der Waals surface area (Å²) in [5.74, 6) is -1.05. The molecule has 0 atom stereocenters. The van der Waals surface area contributed by atoms with Crippen LogP contribution >= 0.6 is 22.9 Å². The van der Waals surface area contributed by atoms with Crippen molar-refractivity contribution in [3.05, 3.63) is 64.2 Å². The zero-order valence-corrected chi connectivity index (χ0v) is 15.5. The van der Waals surface area contributed by atoms with E-state index in [1.54, 1.807) is 37.3 Å². The van der Waals surface area contributed by atoms with E-state index in [1.807, 2.05) is 0 Å². The SMILES string of the molecule is Cc1c(S(=O)(=O)NCc2cccc(C(=O)O)c2)sc2ccc(Cl)cc12. The number of hydrogen-bond acceptors (Lipinski definition) is 4. The number of rotatable bonds is 5. The molecule has 2 N–H and O–H groups in total. The summed E-state index contributed by atoms with van der Waals surface area (Å²) in [5, 5.41) is 10.4. The van der Waals surface area contributed by atoms with E-state index in [1.165, 1.54) is 23.5 Å².